The van der Waals surface area contributed by atoms with E-state index in [4.69, 9.17) is 9.47 Å². The maximum absolute atomic E-state index is 13.1. The SMILES string of the molecule is CCOC(=O)N1Cc2cc(OC)c(C(=O)Nc3cccc(-c4nnnn4[C@H](C)CO)n3)cc2C1. The Bertz CT molecular complexity index is 1210. The van der Waals surface area contributed by atoms with Gasteiger partial charge in [-0.3, -0.25) is 9.69 Å². The van der Waals surface area contributed by atoms with Gasteiger partial charge in [0.15, 0.2) is 0 Å². The van der Waals surface area contributed by atoms with E-state index in [-0.39, 0.29) is 12.6 Å². The lowest BCUT2D eigenvalue weighted by Gasteiger charge is -2.13. The molecule has 3 aromatic rings. The lowest BCUT2D eigenvalue weighted by Crippen LogP contribution is -2.25. The van der Waals surface area contributed by atoms with Crippen molar-refractivity contribution in [3.05, 3.63) is 47.0 Å². The van der Waals surface area contributed by atoms with Crippen molar-refractivity contribution in [1.29, 1.82) is 0 Å². The van der Waals surface area contributed by atoms with Crippen molar-refractivity contribution in [2.24, 2.45) is 0 Å². The highest BCUT2D eigenvalue weighted by molar-refractivity contribution is 6.06. The molecule has 0 aliphatic carbocycles. The summed E-state index contributed by atoms with van der Waals surface area (Å²) in [5, 5.41) is 23.8. The van der Waals surface area contributed by atoms with Crippen LogP contribution in [0.3, 0.4) is 0 Å². The Morgan fingerprint density at radius 1 is 1.24 bits per heavy atom. The molecule has 2 amide bonds. The molecule has 0 unspecified atom stereocenters. The number of carbonyl (C=O) groups excluding carboxylic acids is 2. The van der Waals surface area contributed by atoms with Gasteiger partial charge in [-0.25, -0.2) is 14.5 Å². The number of aliphatic hydroxyl groups is 1. The molecule has 1 aliphatic rings. The first kappa shape index (κ1) is 23.1. The number of methoxy groups -OCH3 is 1. The molecule has 0 bridgehead atoms. The zero-order valence-corrected chi connectivity index (χ0v) is 19.1. The fourth-order valence-electron chi connectivity index (χ4n) is 3.67. The van der Waals surface area contributed by atoms with Crippen LogP contribution in [0.4, 0.5) is 10.6 Å². The molecule has 4 rings (SSSR count). The topological polar surface area (TPSA) is 145 Å². The predicted molar refractivity (Wildman–Crippen MR) is 120 cm³/mol. The summed E-state index contributed by atoms with van der Waals surface area (Å²) in [7, 11) is 1.48. The zero-order valence-electron chi connectivity index (χ0n) is 19.1. The third kappa shape index (κ3) is 4.53. The average molecular weight is 467 g/mol. The minimum atomic E-state index is -0.415. The van der Waals surface area contributed by atoms with Crippen LogP contribution in [0.25, 0.3) is 11.5 Å². The van der Waals surface area contributed by atoms with Gasteiger partial charge in [-0.1, -0.05) is 6.07 Å². The number of fused-ring (bicyclic) bond motifs is 1. The number of ether oxygens (including phenoxy) is 2. The van der Waals surface area contributed by atoms with Crippen LogP contribution in [0.1, 0.15) is 41.4 Å². The van der Waals surface area contributed by atoms with E-state index < -0.39 is 12.0 Å². The fraction of sp³-hybridized carbons (Fsp3) is 0.364. The lowest BCUT2D eigenvalue weighted by atomic mass is 10.0. The van der Waals surface area contributed by atoms with Crippen LogP contribution in [0.15, 0.2) is 30.3 Å². The van der Waals surface area contributed by atoms with E-state index in [0.717, 1.165) is 11.1 Å². The first-order valence-corrected chi connectivity index (χ1v) is 10.7. The summed E-state index contributed by atoms with van der Waals surface area (Å²) in [6.07, 6.45) is -0.400. The Kier molecular flexibility index (Phi) is 6.68. The summed E-state index contributed by atoms with van der Waals surface area (Å²) in [5.74, 6) is 0.636. The second-order valence-electron chi connectivity index (χ2n) is 7.72. The molecule has 34 heavy (non-hydrogen) atoms. The molecule has 0 radical (unpaired) electrons. The Morgan fingerprint density at radius 3 is 2.71 bits per heavy atom. The number of aromatic nitrogens is 5. The summed E-state index contributed by atoms with van der Waals surface area (Å²) in [4.78, 5) is 31.2. The number of pyridine rings is 1. The smallest absolute Gasteiger partial charge is 0.410 e. The number of anilines is 1. The van der Waals surface area contributed by atoms with E-state index >= 15 is 0 Å². The molecule has 12 heteroatoms. The standard InChI is InChI=1S/C22H25N7O5/c1-4-34-22(32)28-10-14-8-16(18(33-3)9-15(14)11-28)21(31)24-19-7-5-6-17(23-19)20-25-26-27-29(20)13(2)12-30/h5-9,13,30H,4,10-12H2,1-3H3,(H,23,24,31)/t13-/m1/s1. The molecular formula is C22H25N7O5. The maximum atomic E-state index is 13.1. The number of tetrazole rings is 1. The highest BCUT2D eigenvalue weighted by Crippen LogP contribution is 2.31. The second-order valence-corrected chi connectivity index (χ2v) is 7.72. The Labute approximate surface area is 195 Å². The van der Waals surface area contributed by atoms with E-state index in [9.17, 15) is 14.7 Å². The number of hydrogen-bond acceptors (Lipinski definition) is 9. The van der Waals surface area contributed by atoms with Gasteiger partial charge in [0.2, 0.25) is 5.82 Å². The number of amides is 2. The van der Waals surface area contributed by atoms with Crippen molar-refractivity contribution in [2.45, 2.75) is 33.0 Å². The lowest BCUT2D eigenvalue weighted by molar-refractivity contribution is 0.102. The highest BCUT2D eigenvalue weighted by Gasteiger charge is 2.27. The van der Waals surface area contributed by atoms with Crippen LogP contribution >= 0.6 is 0 Å². The number of rotatable bonds is 7. The quantitative estimate of drug-likeness (QED) is 0.533. The molecular weight excluding hydrogens is 442 g/mol. The Hall–Kier alpha value is -4.06. The largest absolute Gasteiger partial charge is 0.496 e. The molecule has 1 aliphatic heterocycles. The maximum Gasteiger partial charge on any atom is 0.410 e. The summed E-state index contributed by atoms with van der Waals surface area (Å²) >= 11 is 0. The molecule has 3 heterocycles. The first-order valence-electron chi connectivity index (χ1n) is 10.7. The highest BCUT2D eigenvalue weighted by atomic mass is 16.6. The Morgan fingerprint density at radius 2 is 2.00 bits per heavy atom. The minimum Gasteiger partial charge on any atom is -0.496 e. The average Bonchev–Trinajstić information content (AvgIpc) is 3.50. The van der Waals surface area contributed by atoms with Gasteiger partial charge >= 0.3 is 6.09 Å². The zero-order chi connectivity index (χ0) is 24.2. The number of aliphatic hydroxyl groups excluding tert-OH is 1. The summed E-state index contributed by atoms with van der Waals surface area (Å²) < 4.78 is 12.0. The number of benzene rings is 1. The molecule has 0 saturated heterocycles. The van der Waals surface area contributed by atoms with Crippen molar-refractivity contribution in [1.82, 2.24) is 30.1 Å². The Balaban J connectivity index is 1.57. The number of carbonyl (C=O) groups is 2. The van der Waals surface area contributed by atoms with Crippen molar-refractivity contribution in [3.8, 4) is 17.3 Å². The third-order valence-corrected chi connectivity index (χ3v) is 5.41. The summed E-state index contributed by atoms with van der Waals surface area (Å²) in [6.45, 7) is 4.41. The fourth-order valence-corrected chi connectivity index (χ4v) is 3.67. The first-order chi connectivity index (χ1) is 16.4. The van der Waals surface area contributed by atoms with Crippen molar-refractivity contribution in [3.63, 3.8) is 0 Å². The summed E-state index contributed by atoms with van der Waals surface area (Å²) in [6, 6.07) is 8.22. The third-order valence-electron chi connectivity index (χ3n) is 5.41. The van der Waals surface area contributed by atoms with Crippen LogP contribution in [0.2, 0.25) is 0 Å². The van der Waals surface area contributed by atoms with Crippen LogP contribution in [-0.2, 0) is 17.8 Å². The number of hydrogen-bond donors (Lipinski definition) is 2. The van der Waals surface area contributed by atoms with Crippen molar-refractivity contribution < 1.29 is 24.2 Å². The van der Waals surface area contributed by atoms with Gasteiger partial charge in [0, 0.05) is 13.1 Å². The molecule has 2 N–H and O–H groups in total. The van der Waals surface area contributed by atoms with Gasteiger partial charge < -0.3 is 19.9 Å². The molecule has 1 aromatic carbocycles. The molecule has 12 nitrogen and oxygen atoms in total. The van der Waals surface area contributed by atoms with Crippen molar-refractivity contribution in [2.75, 3.05) is 25.6 Å². The number of nitrogens with zero attached hydrogens (tertiary/aromatic N) is 6. The molecule has 0 fully saturated rings. The van der Waals surface area contributed by atoms with E-state index in [0.29, 0.717) is 48.3 Å². The van der Waals surface area contributed by atoms with Crippen molar-refractivity contribution >= 4 is 17.8 Å². The molecule has 0 spiro atoms. The molecule has 0 saturated carbocycles. The van der Waals surface area contributed by atoms with E-state index in [1.54, 1.807) is 49.1 Å². The number of nitrogens with one attached hydrogen (secondary N) is 1. The van der Waals surface area contributed by atoms with Crippen LogP contribution in [-0.4, -0.2) is 67.5 Å². The van der Waals surface area contributed by atoms with Gasteiger partial charge in [-0.2, -0.15) is 0 Å². The normalized spacial score (nSPS) is 13.4. The van der Waals surface area contributed by atoms with Gasteiger partial charge in [0.25, 0.3) is 5.91 Å². The van der Waals surface area contributed by atoms with Gasteiger partial charge in [0.1, 0.15) is 17.3 Å². The molecule has 2 aromatic heterocycles. The van der Waals surface area contributed by atoms with E-state index in [1.807, 2.05) is 0 Å². The van der Waals surface area contributed by atoms with E-state index in [2.05, 4.69) is 25.8 Å². The van der Waals surface area contributed by atoms with Gasteiger partial charge in [-0.05, 0) is 59.7 Å². The van der Waals surface area contributed by atoms with Gasteiger partial charge in [0.05, 0.1) is 31.9 Å². The second kappa shape index (κ2) is 9.83. The minimum absolute atomic E-state index is 0.139. The van der Waals surface area contributed by atoms with Crippen LogP contribution in [0, 0.1) is 0 Å². The summed E-state index contributed by atoms with van der Waals surface area (Å²) in [5.41, 5.74) is 2.50. The molecule has 1 atom stereocenters. The molecule has 178 valence electrons. The monoisotopic (exact) mass is 467 g/mol. The van der Waals surface area contributed by atoms with Gasteiger partial charge in [-0.15, -0.1) is 5.10 Å². The van der Waals surface area contributed by atoms with E-state index in [1.165, 1.54) is 11.8 Å². The van der Waals surface area contributed by atoms with Crippen LogP contribution in [0.5, 0.6) is 5.75 Å². The van der Waals surface area contributed by atoms with Crippen LogP contribution < -0.4 is 10.1 Å². The predicted octanol–water partition coefficient (Wildman–Crippen LogP) is 2.02.